The van der Waals surface area contributed by atoms with Gasteiger partial charge in [-0.1, -0.05) is 39.1 Å². The predicted molar refractivity (Wildman–Crippen MR) is 93.0 cm³/mol. The van der Waals surface area contributed by atoms with Crippen LogP contribution in [0.5, 0.6) is 5.75 Å². The highest BCUT2D eigenvalue weighted by Crippen LogP contribution is 2.27. The standard InChI is InChI=1S/C15H13BrCl2N2O2/c1-9-6-11(3-4-12(9)16)20-15(21)19-8-22-14-5-2-10(17)7-13(14)18/h2-7H,8H2,1H3,(H2,19,20,21). The molecule has 2 rings (SSSR count). The first-order valence-corrected chi connectivity index (χ1v) is 7.89. The number of hydrogen-bond donors (Lipinski definition) is 2. The minimum absolute atomic E-state index is 0.0112. The van der Waals surface area contributed by atoms with E-state index in [1.54, 1.807) is 24.3 Å². The van der Waals surface area contributed by atoms with Crippen LogP contribution in [0.15, 0.2) is 40.9 Å². The van der Waals surface area contributed by atoms with Crippen LogP contribution in [0, 0.1) is 6.92 Å². The highest BCUT2D eigenvalue weighted by Gasteiger charge is 2.05. The molecule has 0 aliphatic rings. The normalized spacial score (nSPS) is 10.2. The van der Waals surface area contributed by atoms with E-state index in [2.05, 4.69) is 26.6 Å². The van der Waals surface area contributed by atoms with Crippen molar-refractivity contribution in [3.63, 3.8) is 0 Å². The lowest BCUT2D eigenvalue weighted by atomic mass is 10.2. The molecule has 7 heteroatoms. The largest absolute Gasteiger partial charge is 0.472 e. The molecule has 116 valence electrons. The summed E-state index contributed by atoms with van der Waals surface area (Å²) in [6.07, 6.45) is 0. The molecule has 0 bridgehead atoms. The Morgan fingerprint density at radius 1 is 1.23 bits per heavy atom. The van der Waals surface area contributed by atoms with Crippen LogP contribution in [0.25, 0.3) is 0 Å². The number of benzene rings is 2. The fraction of sp³-hybridized carbons (Fsp3) is 0.133. The number of carbonyl (C=O) groups is 1. The zero-order valence-electron chi connectivity index (χ0n) is 11.6. The number of carbonyl (C=O) groups excluding carboxylic acids is 1. The first-order chi connectivity index (χ1) is 10.5. The molecular formula is C15H13BrCl2N2O2. The fourth-order valence-corrected chi connectivity index (χ4v) is 2.38. The lowest BCUT2D eigenvalue weighted by Crippen LogP contribution is -2.32. The topological polar surface area (TPSA) is 50.4 Å². The van der Waals surface area contributed by atoms with E-state index in [9.17, 15) is 4.79 Å². The third-order valence-electron chi connectivity index (χ3n) is 2.77. The van der Waals surface area contributed by atoms with Gasteiger partial charge in [0.25, 0.3) is 0 Å². The molecule has 2 amide bonds. The van der Waals surface area contributed by atoms with Gasteiger partial charge in [0.1, 0.15) is 5.75 Å². The smallest absolute Gasteiger partial charge is 0.321 e. The number of ether oxygens (including phenoxy) is 1. The molecule has 0 aromatic heterocycles. The third kappa shape index (κ3) is 4.80. The third-order valence-corrected chi connectivity index (χ3v) is 4.19. The van der Waals surface area contributed by atoms with Crippen molar-refractivity contribution in [2.75, 3.05) is 12.0 Å². The highest BCUT2D eigenvalue weighted by molar-refractivity contribution is 9.10. The van der Waals surface area contributed by atoms with Gasteiger partial charge in [0.2, 0.25) is 0 Å². The molecule has 2 aromatic rings. The maximum Gasteiger partial charge on any atom is 0.321 e. The number of nitrogens with one attached hydrogen (secondary N) is 2. The van der Waals surface area contributed by atoms with Gasteiger partial charge in [0.15, 0.2) is 6.73 Å². The second-order valence-corrected chi connectivity index (χ2v) is 6.16. The Balaban J connectivity index is 1.83. The van der Waals surface area contributed by atoms with Gasteiger partial charge in [-0.05, 0) is 48.9 Å². The Bertz CT molecular complexity index is 695. The van der Waals surface area contributed by atoms with Gasteiger partial charge >= 0.3 is 6.03 Å². The van der Waals surface area contributed by atoms with Crippen molar-refractivity contribution in [2.45, 2.75) is 6.92 Å². The Morgan fingerprint density at radius 3 is 2.68 bits per heavy atom. The average molecular weight is 404 g/mol. The van der Waals surface area contributed by atoms with Crippen molar-refractivity contribution in [1.29, 1.82) is 0 Å². The zero-order valence-corrected chi connectivity index (χ0v) is 14.7. The molecule has 2 N–H and O–H groups in total. The molecule has 0 radical (unpaired) electrons. The number of aryl methyl sites for hydroxylation is 1. The minimum Gasteiger partial charge on any atom is -0.472 e. The molecule has 4 nitrogen and oxygen atoms in total. The van der Waals surface area contributed by atoms with Gasteiger partial charge in [-0.2, -0.15) is 0 Å². The Hall–Kier alpha value is -1.43. The van der Waals surface area contributed by atoms with Crippen LogP contribution < -0.4 is 15.4 Å². The number of urea groups is 1. The van der Waals surface area contributed by atoms with E-state index < -0.39 is 0 Å². The lowest BCUT2D eigenvalue weighted by Gasteiger charge is -2.11. The first kappa shape index (κ1) is 16.9. The maximum atomic E-state index is 11.8. The van der Waals surface area contributed by atoms with Crippen molar-refractivity contribution in [2.24, 2.45) is 0 Å². The van der Waals surface area contributed by atoms with Gasteiger partial charge < -0.3 is 15.4 Å². The zero-order chi connectivity index (χ0) is 16.1. The molecule has 0 saturated heterocycles. The van der Waals surface area contributed by atoms with Gasteiger partial charge in [0, 0.05) is 15.2 Å². The second-order valence-electron chi connectivity index (χ2n) is 4.46. The molecule has 0 unspecified atom stereocenters. The van der Waals surface area contributed by atoms with Crippen molar-refractivity contribution >= 4 is 50.9 Å². The average Bonchev–Trinajstić information content (AvgIpc) is 2.45. The molecule has 0 aliphatic carbocycles. The maximum absolute atomic E-state index is 11.8. The molecule has 0 spiro atoms. The van der Waals surface area contributed by atoms with Crippen molar-refractivity contribution in [3.05, 3.63) is 56.5 Å². The van der Waals surface area contributed by atoms with Crippen molar-refractivity contribution in [1.82, 2.24) is 5.32 Å². The van der Waals surface area contributed by atoms with E-state index in [0.717, 1.165) is 10.0 Å². The van der Waals surface area contributed by atoms with Crippen LogP contribution in [0.3, 0.4) is 0 Å². The van der Waals surface area contributed by atoms with E-state index in [-0.39, 0.29) is 12.8 Å². The Kier molecular flexibility index (Phi) is 5.94. The van der Waals surface area contributed by atoms with Gasteiger partial charge in [-0.15, -0.1) is 0 Å². The lowest BCUT2D eigenvalue weighted by molar-refractivity contribution is 0.234. The number of halogens is 3. The summed E-state index contributed by atoms with van der Waals surface area (Å²) in [6.45, 7) is 1.93. The van der Waals surface area contributed by atoms with Crippen molar-refractivity contribution in [3.8, 4) is 5.75 Å². The van der Waals surface area contributed by atoms with E-state index in [1.165, 1.54) is 0 Å². The summed E-state index contributed by atoms with van der Waals surface area (Å²) in [5.41, 5.74) is 1.73. The Labute approximate surface area is 146 Å². The molecular weight excluding hydrogens is 391 g/mol. The van der Waals surface area contributed by atoms with Gasteiger partial charge in [0.05, 0.1) is 5.02 Å². The van der Waals surface area contributed by atoms with Crippen LogP contribution in [0.1, 0.15) is 5.56 Å². The van der Waals surface area contributed by atoms with Crippen LogP contribution in [0.2, 0.25) is 10.0 Å². The molecule has 0 fully saturated rings. The summed E-state index contributed by atoms with van der Waals surface area (Å²) in [5.74, 6) is 0.450. The predicted octanol–water partition coefficient (Wildman–Crippen LogP) is 5.22. The highest BCUT2D eigenvalue weighted by atomic mass is 79.9. The number of rotatable bonds is 4. The van der Waals surface area contributed by atoms with E-state index >= 15 is 0 Å². The van der Waals surface area contributed by atoms with Gasteiger partial charge in [-0.3, -0.25) is 0 Å². The number of hydrogen-bond acceptors (Lipinski definition) is 2. The summed E-state index contributed by atoms with van der Waals surface area (Å²) in [7, 11) is 0. The van der Waals surface area contributed by atoms with Crippen molar-refractivity contribution < 1.29 is 9.53 Å². The van der Waals surface area contributed by atoms with Crippen LogP contribution in [-0.4, -0.2) is 12.8 Å². The van der Waals surface area contributed by atoms with E-state index in [1.807, 2.05) is 19.1 Å². The van der Waals surface area contributed by atoms with Gasteiger partial charge in [-0.25, -0.2) is 4.79 Å². The molecule has 0 saturated carbocycles. The molecule has 0 aliphatic heterocycles. The second kappa shape index (κ2) is 7.72. The fourth-order valence-electron chi connectivity index (χ4n) is 1.67. The van der Waals surface area contributed by atoms with Crippen LogP contribution in [0.4, 0.5) is 10.5 Å². The van der Waals surface area contributed by atoms with Crippen LogP contribution in [-0.2, 0) is 0 Å². The molecule has 0 heterocycles. The summed E-state index contributed by atoms with van der Waals surface area (Å²) in [5, 5.41) is 6.20. The SMILES string of the molecule is Cc1cc(NC(=O)NCOc2ccc(Cl)cc2Cl)ccc1Br. The summed E-state index contributed by atoms with van der Waals surface area (Å²) in [4.78, 5) is 11.8. The molecule has 0 atom stereocenters. The van der Waals surface area contributed by atoms with E-state index in [4.69, 9.17) is 27.9 Å². The summed E-state index contributed by atoms with van der Waals surface area (Å²) in [6, 6.07) is 10.0. The quantitative estimate of drug-likeness (QED) is 0.687. The number of amides is 2. The first-order valence-electron chi connectivity index (χ1n) is 6.34. The summed E-state index contributed by atoms with van der Waals surface area (Å²) < 4.78 is 6.36. The Morgan fingerprint density at radius 2 is 2.00 bits per heavy atom. The minimum atomic E-state index is -0.369. The molecule has 22 heavy (non-hydrogen) atoms. The van der Waals surface area contributed by atoms with Crippen LogP contribution >= 0.6 is 39.1 Å². The summed E-state index contributed by atoms with van der Waals surface area (Å²) >= 11 is 15.2. The number of anilines is 1. The van der Waals surface area contributed by atoms with E-state index in [0.29, 0.717) is 21.5 Å². The monoisotopic (exact) mass is 402 g/mol. The molecule has 2 aromatic carbocycles.